The predicted molar refractivity (Wildman–Crippen MR) is 123 cm³/mol. The van der Waals surface area contributed by atoms with Crippen LogP contribution in [0.25, 0.3) is 0 Å². The summed E-state index contributed by atoms with van der Waals surface area (Å²) in [5.41, 5.74) is 1.79. The van der Waals surface area contributed by atoms with Gasteiger partial charge in [0.15, 0.2) is 18.1 Å². The topological polar surface area (TPSA) is 80.3 Å². The van der Waals surface area contributed by atoms with Crippen LogP contribution in [-0.4, -0.2) is 69.3 Å². The molecule has 0 atom stereocenters. The van der Waals surface area contributed by atoms with Crippen LogP contribution in [0.15, 0.2) is 48.5 Å². The molecule has 8 heteroatoms. The molecule has 1 N–H and O–H groups in total. The first-order valence-electron chi connectivity index (χ1n) is 11.0. The van der Waals surface area contributed by atoms with Crippen molar-refractivity contribution in [3.05, 3.63) is 48.5 Å². The number of carbonyl (C=O) groups is 2. The zero-order chi connectivity index (χ0) is 22.8. The number of anilines is 2. The third-order valence-corrected chi connectivity index (χ3v) is 5.10. The van der Waals surface area contributed by atoms with Crippen molar-refractivity contribution in [2.24, 2.45) is 0 Å². The molecule has 1 aliphatic rings. The van der Waals surface area contributed by atoms with Gasteiger partial charge in [0.05, 0.1) is 26.4 Å². The largest absolute Gasteiger partial charge is 0.490 e. The van der Waals surface area contributed by atoms with Crippen LogP contribution in [0.2, 0.25) is 0 Å². The van der Waals surface area contributed by atoms with Crippen molar-refractivity contribution < 1.29 is 23.8 Å². The number of para-hydroxylation sites is 2. The Bertz CT molecular complexity index is 881. The van der Waals surface area contributed by atoms with Crippen molar-refractivity contribution >= 4 is 23.2 Å². The number of rotatable bonds is 10. The summed E-state index contributed by atoms with van der Waals surface area (Å²) in [6.07, 6.45) is 0. The number of likely N-dealkylation sites (N-methyl/N-ethyl adjacent to an activating group) is 1. The van der Waals surface area contributed by atoms with E-state index in [4.69, 9.17) is 14.2 Å². The fourth-order valence-electron chi connectivity index (χ4n) is 3.40. The number of amides is 2. The lowest BCUT2D eigenvalue weighted by Gasteiger charge is -2.29. The van der Waals surface area contributed by atoms with E-state index in [0.717, 1.165) is 32.0 Å². The normalized spacial score (nSPS) is 13.4. The molecular formula is C24H31N3O5. The first kappa shape index (κ1) is 23.4. The van der Waals surface area contributed by atoms with Crippen LogP contribution in [-0.2, 0) is 14.3 Å². The summed E-state index contributed by atoms with van der Waals surface area (Å²) >= 11 is 0. The smallest absolute Gasteiger partial charge is 0.260 e. The van der Waals surface area contributed by atoms with E-state index in [2.05, 4.69) is 10.2 Å². The van der Waals surface area contributed by atoms with Crippen molar-refractivity contribution in [3.63, 3.8) is 0 Å². The molecule has 0 aromatic heterocycles. The molecule has 0 bridgehead atoms. The minimum absolute atomic E-state index is 0.0446. The van der Waals surface area contributed by atoms with Gasteiger partial charge in [0, 0.05) is 31.0 Å². The standard InChI is InChI=1S/C24H31N3O5/c1-3-26(24(29)18-32-22-8-6-5-7-21(22)31-4-2)17-23(28)25-19-9-11-20(12-10-19)27-13-15-30-16-14-27/h5-12H,3-4,13-18H2,1-2H3,(H,25,28). The van der Waals surface area contributed by atoms with Crippen LogP contribution < -0.4 is 19.7 Å². The van der Waals surface area contributed by atoms with Crippen molar-refractivity contribution in [1.29, 1.82) is 0 Å². The number of ether oxygens (including phenoxy) is 3. The number of hydrogen-bond donors (Lipinski definition) is 1. The summed E-state index contributed by atoms with van der Waals surface area (Å²) in [5.74, 6) is 0.568. The molecule has 0 aliphatic carbocycles. The van der Waals surface area contributed by atoms with E-state index in [1.54, 1.807) is 12.1 Å². The van der Waals surface area contributed by atoms with Crippen LogP contribution in [0.4, 0.5) is 11.4 Å². The lowest BCUT2D eigenvalue weighted by Crippen LogP contribution is -2.40. The summed E-state index contributed by atoms with van der Waals surface area (Å²) in [4.78, 5) is 28.8. The maximum atomic E-state index is 12.6. The first-order chi connectivity index (χ1) is 15.6. The minimum Gasteiger partial charge on any atom is -0.490 e. The molecule has 8 nitrogen and oxygen atoms in total. The highest BCUT2D eigenvalue weighted by Gasteiger charge is 2.17. The van der Waals surface area contributed by atoms with Crippen molar-refractivity contribution in [2.75, 3.05) is 62.8 Å². The number of benzene rings is 2. The SMILES string of the molecule is CCOc1ccccc1OCC(=O)N(CC)CC(=O)Nc1ccc(N2CCOCC2)cc1. The zero-order valence-corrected chi connectivity index (χ0v) is 18.7. The Hall–Kier alpha value is -3.26. The molecule has 2 aromatic rings. The van der Waals surface area contributed by atoms with E-state index in [9.17, 15) is 9.59 Å². The molecule has 0 radical (unpaired) electrons. The molecule has 0 saturated carbocycles. The quantitative estimate of drug-likeness (QED) is 0.611. The van der Waals surface area contributed by atoms with Crippen molar-refractivity contribution in [2.45, 2.75) is 13.8 Å². The van der Waals surface area contributed by atoms with Gasteiger partial charge in [-0.1, -0.05) is 12.1 Å². The summed E-state index contributed by atoms with van der Waals surface area (Å²) in [5, 5.41) is 2.85. The average Bonchev–Trinajstić information content (AvgIpc) is 2.83. The molecule has 1 saturated heterocycles. The van der Waals surface area contributed by atoms with Crippen LogP contribution >= 0.6 is 0 Å². The minimum atomic E-state index is -0.267. The Kier molecular flexibility index (Phi) is 8.74. The Balaban J connectivity index is 1.50. The van der Waals surface area contributed by atoms with Gasteiger partial charge in [-0.05, 0) is 50.2 Å². The zero-order valence-electron chi connectivity index (χ0n) is 18.7. The maximum absolute atomic E-state index is 12.6. The first-order valence-corrected chi connectivity index (χ1v) is 11.0. The number of nitrogens with one attached hydrogen (secondary N) is 1. The van der Waals surface area contributed by atoms with Gasteiger partial charge in [-0.2, -0.15) is 0 Å². The Morgan fingerprint density at radius 2 is 1.66 bits per heavy atom. The van der Waals surface area contributed by atoms with Gasteiger partial charge in [-0.25, -0.2) is 0 Å². The highest BCUT2D eigenvalue weighted by atomic mass is 16.5. The van der Waals surface area contributed by atoms with E-state index in [1.807, 2.05) is 50.2 Å². The number of hydrogen-bond acceptors (Lipinski definition) is 6. The molecule has 0 unspecified atom stereocenters. The Labute approximate surface area is 189 Å². The monoisotopic (exact) mass is 441 g/mol. The molecule has 0 spiro atoms. The summed E-state index contributed by atoms with van der Waals surface area (Å²) in [6, 6.07) is 14.9. The third-order valence-electron chi connectivity index (χ3n) is 5.10. The average molecular weight is 442 g/mol. The third kappa shape index (κ3) is 6.62. The second kappa shape index (κ2) is 12.0. The van der Waals surface area contributed by atoms with Gasteiger partial charge in [0.25, 0.3) is 5.91 Å². The van der Waals surface area contributed by atoms with Crippen LogP contribution in [0.3, 0.4) is 0 Å². The van der Waals surface area contributed by atoms with Gasteiger partial charge in [0.1, 0.15) is 0 Å². The molecule has 1 fully saturated rings. The van der Waals surface area contributed by atoms with Gasteiger partial charge in [-0.15, -0.1) is 0 Å². The second-order valence-electron chi connectivity index (χ2n) is 7.27. The van der Waals surface area contributed by atoms with Crippen LogP contribution in [0, 0.1) is 0 Å². The summed E-state index contributed by atoms with van der Waals surface area (Å²) < 4.78 is 16.5. The maximum Gasteiger partial charge on any atom is 0.260 e. The Morgan fingerprint density at radius 3 is 2.28 bits per heavy atom. The van der Waals surface area contributed by atoms with Gasteiger partial charge >= 0.3 is 0 Å². The predicted octanol–water partition coefficient (Wildman–Crippen LogP) is 2.79. The van der Waals surface area contributed by atoms with E-state index in [1.165, 1.54) is 4.90 Å². The summed E-state index contributed by atoms with van der Waals surface area (Å²) in [6.45, 7) is 7.57. The molecule has 3 rings (SSSR count). The van der Waals surface area contributed by atoms with E-state index in [0.29, 0.717) is 30.3 Å². The summed E-state index contributed by atoms with van der Waals surface area (Å²) in [7, 11) is 0. The van der Waals surface area contributed by atoms with E-state index >= 15 is 0 Å². The number of carbonyl (C=O) groups excluding carboxylic acids is 2. The Morgan fingerprint density at radius 1 is 1.00 bits per heavy atom. The molecule has 1 aliphatic heterocycles. The molecule has 32 heavy (non-hydrogen) atoms. The molecule has 2 amide bonds. The van der Waals surface area contributed by atoms with Gasteiger partial charge < -0.3 is 29.3 Å². The molecular weight excluding hydrogens is 410 g/mol. The van der Waals surface area contributed by atoms with Gasteiger partial charge in [-0.3, -0.25) is 9.59 Å². The number of nitrogens with zero attached hydrogens (tertiary/aromatic N) is 2. The fourth-order valence-corrected chi connectivity index (χ4v) is 3.40. The molecule has 2 aromatic carbocycles. The van der Waals surface area contributed by atoms with Crippen molar-refractivity contribution in [3.8, 4) is 11.5 Å². The second-order valence-corrected chi connectivity index (χ2v) is 7.27. The van der Waals surface area contributed by atoms with Crippen LogP contribution in [0.1, 0.15) is 13.8 Å². The van der Waals surface area contributed by atoms with Gasteiger partial charge in [0.2, 0.25) is 5.91 Å². The highest BCUT2D eigenvalue weighted by Crippen LogP contribution is 2.26. The highest BCUT2D eigenvalue weighted by molar-refractivity contribution is 5.94. The molecule has 1 heterocycles. The lowest BCUT2D eigenvalue weighted by molar-refractivity contribution is -0.136. The number of morpholine rings is 1. The van der Waals surface area contributed by atoms with Crippen LogP contribution in [0.5, 0.6) is 11.5 Å². The van der Waals surface area contributed by atoms with Crippen molar-refractivity contribution in [1.82, 2.24) is 4.90 Å². The molecule has 172 valence electrons. The van der Waals surface area contributed by atoms with E-state index < -0.39 is 0 Å². The van der Waals surface area contributed by atoms with E-state index in [-0.39, 0.29) is 25.0 Å². The lowest BCUT2D eigenvalue weighted by atomic mass is 10.2. The fraction of sp³-hybridized carbons (Fsp3) is 0.417.